The van der Waals surface area contributed by atoms with Gasteiger partial charge in [-0.2, -0.15) is 0 Å². The lowest BCUT2D eigenvalue weighted by Crippen LogP contribution is -2.12. The quantitative estimate of drug-likeness (QED) is 0.434. The third-order valence-corrected chi connectivity index (χ3v) is 0.656. The van der Waals surface area contributed by atoms with Crippen LogP contribution >= 0.6 is 0 Å². The molecular weight excluding hydrogens is 128 g/mol. The molecule has 0 radical (unpaired) electrons. The van der Waals surface area contributed by atoms with Gasteiger partial charge >= 0.3 is 0 Å². The molecule has 0 amide bonds. The lowest BCUT2D eigenvalue weighted by atomic mass is 10.6. The highest BCUT2D eigenvalue weighted by Gasteiger charge is 1.77. The van der Waals surface area contributed by atoms with Crippen molar-refractivity contribution in [1.29, 1.82) is 5.41 Å². The number of allylic oxidation sites excluding steroid dienone is 1. The summed E-state index contributed by atoms with van der Waals surface area (Å²) in [6, 6.07) is 0. The SMILES string of the molecule is C/C=C/N=C/C(N)=N\C=N. The number of nitrogens with one attached hydrogen (secondary N) is 1. The van der Waals surface area contributed by atoms with Crippen LogP contribution in [0.5, 0.6) is 0 Å². The van der Waals surface area contributed by atoms with Crippen molar-refractivity contribution in [3.63, 3.8) is 0 Å². The molecule has 10 heavy (non-hydrogen) atoms. The molecule has 0 atom stereocenters. The van der Waals surface area contributed by atoms with E-state index in [4.69, 9.17) is 11.1 Å². The molecule has 0 aromatic heterocycles. The molecule has 0 spiro atoms. The summed E-state index contributed by atoms with van der Waals surface area (Å²) in [6.45, 7) is 1.85. The predicted molar refractivity (Wildman–Crippen MR) is 43.7 cm³/mol. The first-order valence-corrected chi connectivity index (χ1v) is 2.77. The van der Waals surface area contributed by atoms with E-state index in [0.29, 0.717) is 0 Å². The molecule has 0 bridgehead atoms. The van der Waals surface area contributed by atoms with Crippen LogP contribution in [-0.4, -0.2) is 18.4 Å². The molecule has 0 aliphatic carbocycles. The predicted octanol–water partition coefficient (Wildman–Crippen LogP) is 0.555. The van der Waals surface area contributed by atoms with Gasteiger partial charge in [-0.1, -0.05) is 6.08 Å². The van der Waals surface area contributed by atoms with Crippen LogP contribution in [0.15, 0.2) is 22.3 Å². The molecule has 0 aromatic carbocycles. The van der Waals surface area contributed by atoms with Crippen molar-refractivity contribution in [2.45, 2.75) is 6.92 Å². The summed E-state index contributed by atoms with van der Waals surface area (Å²) in [4.78, 5) is 7.19. The Kier molecular flexibility index (Phi) is 4.86. The smallest absolute Gasteiger partial charge is 0.143 e. The molecule has 0 aromatic rings. The van der Waals surface area contributed by atoms with Gasteiger partial charge in [-0.3, -0.25) is 10.4 Å². The number of hydrogen-bond acceptors (Lipinski definition) is 2. The molecule has 0 saturated heterocycles. The second-order valence-corrected chi connectivity index (χ2v) is 1.44. The zero-order valence-corrected chi connectivity index (χ0v) is 5.78. The van der Waals surface area contributed by atoms with Gasteiger partial charge in [0.05, 0.1) is 6.21 Å². The van der Waals surface area contributed by atoms with Crippen molar-refractivity contribution in [1.82, 2.24) is 0 Å². The molecule has 4 heteroatoms. The highest BCUT2D eigenvalue weighted by molar-refractivity contribution is 6.30. The van der Waals surface area contributed by atoms with E-state index in [1.54, 1.807) is 12.3 Å². The van der Waals surface area contributed by atoms with Gasteiger partial charge in [0, 0.05) is 6.20 Å². The first kappa shape index (κ1) is 8.55. The summed E-state index contributed by atoms with van der Waals surface area (Å²) in [7, 11) is 0. The lowest BCUT2D eigenvalue weighted by Gasteiger charge is -1.82. The summed E-state index contributed by atoms with van der Waals surface area (Å²) in [5.41, 5.74) is 5.24. The lowest BCUT2D eigenvalue weighted by molar-refractivity contribution is 1.50. The van der Waals surface area contributed by atoms with E-state index in [2.05, 4.69) is 9.98 Å². The van der Waals surface area contributed by atoms with Gasteiger partial charge in [-0.05, 0) is 6.92 Å². The minimum Gasteiger partial charge on any atom is -0.382 e. The van der Waals surface area contributed by atoms with Crippen LogP contribution in [0.25, 0.3) is 0 Å². The first-order valence-electron chi connectivity index (χ1n) is 2.77. The molecule has 3 N–H and O–H groups in total. The van der Waals surface area contributed by atoms with Crippen molar-refractivity contribution < 1.29 is 0 Å². The Hall–Kier alpha value is -1.45. The molecule has 0 rings (SSSR count). The van der Waals surface area contributed by atoms with E-state index in [1.165, 1.54) is 6.21 Å². The summed E-state index contributed by atoms with van der Waals surface area (Å²) in [5, 5.41) is 6.54. The number of hydrogen-bond donors (Lipinski definition) is 2. The van der Waals surface area contributed by atoms with Gasteiger partial charge in [-0.15, -0.1) is 0 Å². The maximum atomic E-state index is 6.54. The van der Waals surface area contributed by atoms with E-state index in [-0.39, 0.29) is 5.84 Å². The van der Waals surface area contributed by atoms with E-state index in [9.17, 15) is 0 Å². The Morgan fingerprint density at radius 3 is 2.80 bits per heavy atom. The Morgan fingerprint density at radius 1 is 1.60 bits per heavy atom. The normalized spacial score (nSPS) is 13.1. The fourth-order valence-electron chi connectivity index (χ4n) is 0.313. The third kappa shape index (κ3) is 4.70. The largest absolute Gasteiger partial charge is 0.382 e. The molecule has 4 nitrogen and oxygen atoms in total. The molecular formula is C6H10N4. The van der Waals surface area contributed by atoms with Crippen LogP contribution in [0.4, 0.5) is 0 Å². The Bertz CT molecular complexity index is 178. The van der Waals surface area contributed by atoms with Gasteiger partial charge in [0.25, 0.3) is 0 Å². The molecule has 0 aliphatic rings. The average Bonchev–Trinajstić information content (AvgIpc) is 1.89. The monoisotopic (exact) mass is 138 g/mol. The van der Waals surface area contributed by atoms with E-state index in [1.807, 2.05) is 6.92 Å². The zero-order chi connectivity index (χ0) is 7.82. The summed E-state index contributed by atoms with van der Waals surface area (Å²) < 4.78 is 0. The maximum absolute atomic E-state index is 6.54. The summed E-state index contributed by atoms with van der Waals surface area (Å²) >= 11 is 0. The molecule has 0 aliphatic heterocycles. The third-order valence-electron chi connectivity index (χ3n) is 0.656. The average molecular weight is 138 g/mol. The van der Waals surface area contributed by atoms with Gasteiger partial charge in [0.1, 0.15) is 12.2 Å². The standard InChI is InChI=1S/C6H10N4/c1-2-3-9-4-6(8)10-5-7/h2-5H,1H3,(H3,7,8,10)/b3-2+,9-4+. The molecule has 0 heterocycles. The van der Waals surface area contributed by atoms with Gasteiger partial charge in [0.2, 0.25) is 0 Å². The minimum atomic E-state index is 0.230. The molecule has 54 valence electrons. The molecule has 0 saturated carbocycles. The first-order chi connectivity index (χ1) is 4.81. The van der Waals surface area contributed by atoms with Crippen molar-refractivity contribution >= 4 is 18.4 Å². The fourth-order valence-corrected chi connectivity index (χ4v) is 0.313. The Labute approximate surface area is 59.7 Å². The topological polar surface area (TPSA) is 74.6 Å². The number of nitrogens with zero attached hydrogens (tertiary/aromatic N) is 2. The molecule has 0 unspecified atom stereocenters. The molecule has 0 fully saturated rings. The van der Waals surface area contributed by atoms with Gasteiger partial charge in [-0.25, -0.2) is 4.99 Å². The number of amidine groups is 1. The van der Waals surface area contributed by atoms with E-state index < -0.39 is 0 Å². The van der Waals surface area contributed by atoms with Crippen LogP contribution in [0.2, 0.25) is 0 Å². The summed E-state index contributed by atoms with van der Waals surface area (Å²) in [6.07, 6.45) is 5.61. The Morgan fingerprint density at radius 2 is 2.30 bits per heavy atom. The van der Waals surface area contributed by atoms with Crippen LogP contribution in [0.1, 0.15) is 6.92 Å². The van der Waals surface area contributed by atoms with Crippen LogP contribution in [-0.2, 0) is 0 Å². The van der Waals surface area contributed by atoms with Crippen molar-refractivity contribution in [3.05, 3.63) is 12.3 Å². The van der Waals surface area contributed by atoms with Crippen LogP contribution in [0.3, 0.4) is 0 Å². The minimum absolute atomic E-state index is 0.230. The van der Waals surface area contributed by atoms with Crippen molar-refractivity contribution in [2.75, 3.05) is 0 Å². The zero-order valence-electron chi connectivity index (χ0n) is 5.78. The van der Waals surface area contributed by atoms with E-state index >= 15 is 0 Å². The fraction of sp³-hybridized carbons (Fsp3) is 0.167. The second-order valence-electron chi connectivity index (χ2n) is 1.44. The van der Waals surface area contributed by atoms with Crippen LogP contribution in [0, 0.1) is 5.41 Å². The highest BCUT2D eigenvalue weighted by atomic mass is 14.9. The van der Waals surface area contributed by atoms with Crippen molar-refractivity contribution in [2.24, 2.45) is 15.7 Å². The van der Waals surface area contributed by atoms with Gasteiger partial charge in [0.15, 0.2) is 0 Å². The van der Waals surface area contributed by atoms with E-state index in [0.717, 1.165) is 6.34 Å². The number of aliphatic imine (C=N–C) groups is 2. The van der Waals surface area contributed by atoms with Crippen molar-refractivity contribution in [3.8, 4) is 0 Å². The summed E-state index contributed by atoms with van der Waals surface area (Å²) in [5.74, 6) is 0.230. The van der Waals surface area contributed by atoms with Crippen LogP contribution < -0.4 is 5.73 Å². The van der Waals surface area contributed by atoms with Gasteiger partial charge < -0.3 is 5.73 Å². The highest BCUT2D eigenvalue weighted by Crippen LogP contribution is 1.70. The number of rotatable bonds is 3. The second kappa shape index (κ2) is 5.68. The number of nitrogens with two attached hydrogens (primary N) is 1. The Balaban J connectivity index is 3.88. The maximum Gasteiger partial charge on any atom is 0.143 e.